The van der Waals surface area contributed by atoms with Crippen molar-refractivity contribution in [3.63, 3.8) is 0 Å². The molecular formula is C21H19N3O3. The van der Waals surface area contributed by atoms with E-state index >= 15 is 0 Å². The van der Waals surface area contributed by atoms with Gasteiger partial charge in [-0.15, -0.1) is 0 Å². The molecule has 2 amide bonds. The van der Waals surface area contributed by atoms with E-state index in [2.05, 4.69) is 10.3 Å². The molecule has 2 aromatic carbocycles. The topological polar surface area (TPSA) is 71.5 Å². The third-order valence-electron chi connectivity index (χ3n) is 4.84. The fourth-order valence-electron chi connectivity index (χ4n) is 3.58. The predicted octanol–water partition coefficient (Wildman–Crippen LogP) is 3.54. The van der Waals surface area contributed by atoms with Gasteiger partial charge in [0, 0.05) is 18.1 Å². The number of pyridine rings is 1. The lowest BCUT2D eigenvalue weighted by atomic mass is 9.92. The zero-order valence-corrected chi connectivity index (χ0v) is 14.9. The summed E-state index contributed by atoms with van der Waals surface area (Å²) in [7, 11) is 1.33. The summed E-state index contributed by atoms with van der Waals surface area (Å²) < 4.78 is 4.90. The van der Waals surface area contributed by atoms with Crippen molar-refractivity contribution in [2.75, 3.05) is 19.0 Å². The number of rotatable bonds is 2. The van der Waals surface area contributed by atoms with E-state index in [1.54, 1.807) is 6.20 Å². The molecule has 0 fully saturated rings. The third-order valence-corrected chi connectivity index (χ3v) is 4.84. The number of carbonyl (C=O) groups excluding carboxylic acids is 2. The molecule has 1 aliphatic heterocycles. The van der Waals surface area contributed by atoms with Crippen LogP contribution in [0.1, 0.15) is 17.2 Å². The number of anilines is 1. The van der Waals surface area contributed by atoms with E-state index in [1.807, 2.05) is 54.6 Å². The monoisotopic (exact) mass is 361 g/mol. The molecule has 0 radical (unpaired) electrons. The molecule has 2 heterocycles. The molecule has 6 heteroatoms. The van der Waals surface area contributed by atoms with Crippen LogP contribution in [0.2, 0.25) is 0 Å². The van der Waals surface area contributed by atoms with Gasteiger partial charge in [0.25, 0.3) is 5.91 Å². The smallest absolute Gasteiger partial charge is 0.410 e. The molecule has 27 heavy (non-hydrogen) atoms. The summed E-state index contributed by atoms with van der Waals surface area (Å²) >= 11 is 0. The summed E-state index contributed by atoms with van der Waals surface area (Å²) in [5.74, 6) is -0.274. The van der Waals surface area contributed by atoms with Crippen molar-refractivity contribution in [3.05, 3.63) is 71.9 Å². The van der Waals surface area contributed by atoms with Crippen LogP contribution in [0.4, 0.5) is 10.5 Å². The van der Waals surface area contributed by atoms with E-state index in [0.29, 0.717) is 18.7 Å². The van der Waals surface area contributed by atoms with Crippen molar-refractivity contribution in [1.82, 2.24) is 9.88 Å². The second-order valence-corrected chi connectivity index (χ2v) is 6.38. The van der Waals surface area contributed by atoms with Crippen LogP contribution in [0.25, 0.3) is 10.9 Å². The normalized spacial score (nSPS) is 15.9. The van der Waals surface area contributed by atoms with Gasteiger partial charge in [0.05, 0.1) is 18.3 Å². The van der Waals surface area contributed by atoms with Crippen LogP contribution in [-0.4, -0.2) is 35.5 Å². The van der Waals surface area contributed by atoms with E-state index in [9.17, 15) is 9.59 Å². The summed E-state index contributed by atoms with van der Waals surface area (Å²) in [6, 6.07) is 16.3. The Morgan fingerprint density at radius 2 is 1.96 bits per heavy atom. The lowest BCUT2D eigenvalue weighted by molar-refractivity contribution is -0.121. The van der Waals surface area contributed by atoms with Gasteiger partial charge in [0.2, 0.25) is 0 Å². The first-order chi connectivity index (χ1) is 13.2. The number of aromatic nitrogens is 1. The van der Waals surface area contributed by atoms with Crippen LogP contribution in [0.5, 0.6) is 0 Å². The highest BCUT2D eigenvalue weighted by molar-refractivity contribution is 6.04. The zero-order valence-electron chi connectivity index (χ0n) is 14.9. The highest BCUT2D eigenvalue weighted by Gasteiger charge is 2.36. The number of hydrogen-bond acceptors (Lipinski definition) is 4. The fourth-order valence-corrected chi connectivity index (χ4v) is 3.58. The predicted molar refractivity (Wildman–Crippen MR) is 102 cm³/mol. The van der Waals surface area contributed by atoms with Gasteiger partial charge in [0.1, 0.15) is 6.04 Å². The Morgan fingerprint density at radius 3 is 2.81 bits per heavy atom. The SMILES string of the molecule is COC(=O)N1CCc2ccccc2[C@H]1C(=O)Nc1cccc2ncccc12. The molecule has 0 aliphatic carbocycles. The number of carbonyl (C=O) groups is 2. The molecule has 3 aromatic rings. The highest BCUT2D eigenvalue weighted by atomic mass is 16.5. The lowest BCUT2D eigenvalue weighted by Crippen LogP contribution is -2.45. The summed E-state index contributed by atoms with van der Waals surface area (Å²) in [4.78, 5) is 31.3. The lowest BCUT2D eigenvalue weighted by Gasteiger charge is -2.35. The van der Waals surface area contributed by atoms with Gasteiger partial charge in [-0.3, -0.25) is 14.7 Å². The van der Waals surface area contributed by atoms with Crippen molar-refractivity contribution in [1.29, 1.82) is 0 Å². The Morgan fingerprint density at radius 1 is 1.11 bits per heavy atom. The van der Waals surface area contributed by atoms with Crippen molar-refractivity contribution in [2.24, 2.45) is 0 Å². The average Bonchev–Trinajstić information content (AvgIpc) is 2.72. The third kappa shape index (κ3) is 3.10. The van der Waals surface area contributed by atoms with Gasteiger partial charge in [-0.1, -0.05) is 30.3 Å². The second kappa shape index (κ2) is 7.07. The molecule has 4 rings (SSSR count). The van der Waals surface area contributed by atoms with Crippen LogP contribution >= 0.6 is 0 Å². The number of benzene rings is 2. The molecule has 0 bridgehead atoms. The number of fused-ring (bicyclic) bond motifs is 2. The number of methoxy groups -OCH3 is 1. The molecule has 1 N–H and O–H groups in total. The molecule has 0 spiro atoms. The molecule has 1 aromatic heterocycles. The number of ether oxygens (including phenoxy) is 1. The Labute approximate surface area is 156 Å². The van der Waals surface area contributed by atoms with Gasteiger partial charge in [-0.25, -0.2) is 4.79 Å². The standard InChI is InChI=1S/C21H19N3O3/c1-27-21(26)24-13-11-14-6-2-3-7-15(14)19(24)20(25)23-18-10-4-9-17-16(18)8-5-12-22-17/h2-10,12,19H,11,13H2,1H3,(H,23,25)/t19-/m0/s1. The highest BCUT2D eigenvalue weighted by Crippen LogP contribution is 2.32. The molecule has 136 valence electrons. The zero-order chi connectivity index (χ0) is 18.8. The van der Waals surface area contributed by atoms with Crippen molar-refractivity contribution < 1.29 is 14.3 Å². The molecule has 1 aliphatic rings. The Hall–Kier alpha value is -3.41. The summed E-state index contributed by atoms with van der Waals surface area (Å²) in [6.45, 7) is 0.429. The molecule has 1 atom stereocenters. The van der Waals surface area contributed by atoms with Gasteiger partial charge < -0.3 is 10.1 Å². The minimum Gasteiger partial charge on any atom is -0.453 e. The molecule has 0 unspecified atom stereocenters. The van der Waals surface area contributed by atoms with Crippen molar-refractivity contribution >= 4 is 28.6 Å². The first-order valence-electron chi connectivity index (χ1n) is 8.76. The van der Waals surface area contributed by atoms with Crippen LogP contribution < -0.4 is 5.32 Å². The second-order valence-electron chi connectivity index (χ2n) is 6.38. The van der Waals surface area contributed by atoms with Gasteiger partial charge in [0.15, 0.2) is 0 Å². The maximum Gasteiger partial charge on any atom is 0.410 e. The van der Waals surface area contributed by atoms with Crippen molar-refractivity contribution in [2.45, 2.75) is 12.5 Å². The first-order valence-corrected chi connectivity index (χ1v) is 8.76. The van der Waals surface area contributed by atoms with Crippen molar-refractivity contribution in [3.8, 4) is 0 Å². The van der Waals surface area contributed by atoms with E-state index in [4.69, 9.17) is 4.74 Å². The van der Waals surface area contributed by atoms with Crippen LogP contribution in [0, 0.1) is 0 Å². The van der Waals surface area contributed by atoms with E-state index in [0.717, 1.165) is 22.0 Å². The van der Waals surface area contributed by atoms with Gasteiger partial charge in [-0.05, 0) is 41.8 Å². The number of amides is 2. The molecule has 6 nitrogen and oxygen atoms in total. The number of nitrogens with zero attached hydrogens (tertiary/aromatic N) is 2. The van der Waals surface area contributed by atoms with Gasteiger partial charge in [-0.2, -0.15) is 0 Å². The minimum absolute atomic E-state index is 0.274. The maximum absolute atomic E-state index is 13.2. The quantitative estimate of drug-likeness (QED) is 0.758. The van der Waals surface area contributed by atoms with Crippen LogP contribution in [0.3, 0.4) is 0 Å². The average molecular weight is 361 g/mol. The Kier molecular flexibility index (Phi) is 4.46. The van der Waals surface area contributed by atoms with E-state index in [1.165, 1.54) is 12.0 Å². The summed E-state index contributed by atoms with van der Waals surface area (Å²) in [6.07, 6.45) is 1.89. The Balaban J connectivity index is 1.72. The van der Waals surface area contributed by atoms with E-state index < -0.39 is 12.1 Å². The summed E-state index contributed by atoms with van der Waals surface area (Å²) in [5.41, 5.74) is 3.35. The molecule has 0 saturated carbocycles. The largest absolute Gasteiger partial charge is 0.453 e. The Bertz CT molecular complexity index is 1010. The first kappa shape index (κ1) is 17.0. The number of nitrogens with one attached hydrogen (secondary N) is 1. The maximum atomic E-state index is 13.2. The van der Waals surface area contributed by atoms with E-state index in [-0.39, 0.29) is 5.91 Å². The van der Waals surface area contributed by atoms with Crippen LogP contribution in [0.15, 0.2) is 60.8 Å². The fraction of sp³-hybridized carbons (Fsp3) is 0.190. The molecular weight excluding hydrogens is 342 g/mol. The minimum atomic E-state index is -0.741. The van der Waals surface area contributed by atoms with Gasteiger partial charge >= 0.3 is 6.09 Å². The molecule has 0 saturated heterocycles. The van der Waals surface area contributed by atoms with Crippen LogP contribution in [-0.2, 0) is 16.0 Å². The summed E-state index contributed by atoms with van der Waals surface area (Å²) in [5, 5.41) is 3.83. The number of hydrogen-bond donors (Lipinski definition) is 1.